The Bertz CT molecular complexity index is 1140. The van der Waals surface area contributed by atoms with E-state index in [1.807, 2.05) is 29.2 Å². The molecule has 0 unspecified atom stereocenters. The monoisotopic (exact) mass is 446 g/mol. The van der Waals surface area contributed by atoms with Crippen molar-refractivity contribution in [3.05, 3.63) is 89.2 Å². The molecule has 3 aromatic carbocycles. The van der Waals surface area contributed by atoms with Gasteiger partial charge in [-0.1, -0.05) is 42.5 Å². The van der Waals surface area contributed by atoms with Gasteiger partial charge in [-0.3, -0.25) is 9.59 Å². The van der Waals surface area contributed by atoms with Gasteiger partial charge in [0.2, 0.25) is 5.91 Å². The minimum atomic E-state index is -0.580. The molecule has 0 radical (unpaired) electrons. The van der Waals surface area contributed by atoms with Crippen LogP contribution in [-0.4, -0.2) is 36.9 Å². The Morgan fingerprint density at radius 3 is 2.45 bits per heavy atom. The van der Waals surface area contributed by atoms with Crippen molar-refractivity contribution in [1.82, 2.24) is 10.2 Å². The molecule has 4 rings (SSSR count). The molecule has 0 aliphatic carbocycles. The SMILES string of the molecule is COc1ccc(-c2ccc(C(=O)NCCCC(=O)N3CCc4ccccc4C3)c(F)c2)cc1. The van der Waals surface area contributed by atoms with Crippen LogP contribution in [0.3, 0.4) is 0 Å². The third-order valence-electron chi connectivity index (χ3n) is 5.97. The van der Waals surface area contributed by atoms with Crippen LogP contribution in [0.4, 0.5) is 4.39 Å². The van der Waals surface area contributed by atoms with E-state index in [-0.39, 0.29) is 11.5 Å². The molecule has 0 aromatic heterocycles. The van der Waals surface area contributed by atoms with Crippen molar-refractivity contribution >= 4 is 11.8 Å². The van der Waals surface area contributed by atoms with Crippen LogP contribution in [-0.2, 0) is 17.8 Å². The Morgan fingerprint density at radius 1 is 1.00 bits per heavy atom. The standard InChI is InChI=1S/C27H27FN2O3/c1-33-23-11-8-20(9-12-23)21-10-13-24(25(28)17-21)27(32)29-15-4-7-26(31)30-16-14-19-5-2-3-6-22(19)18-30/h2-3,5-6,8-13,17H,4,7,14-16,18H2,1H3,(H,29,32). The number of carbonyl (C=O) groups excluding carboxylic acids is 2. The number of benzene rings is 3. The summed E-state index contributed by atoms with van der Waals surface area (Å²) < 4.78 is 19.7. The quantitative estimate of drug-likeness (QED) is 0.540. The van der Waals surface area contributed by atoms with Gasteiger partial charge in [0.1, 0.15) is 11.6 Å². The van der Waals surface area contributed by atoms with Crippen LogP contribution in [0.1, 0.15) is 34.3 Å². The van der Waals surface area contributed by atoms with Gasteiger partial charge >= 0.3 is 0 Å². The summed E-state index contributed by atoms with van der Waals surface area (Å²) in [6.07, 6.45) is 1.72. The van der Waals surface area contributed by atoms with Crippen LogP contribution in [0.15, 0.2) is 66.7 Å². The highest BCUT2D eigenvalue weighted by molar-refractivity contribution is 5.95. The first-order chi connectivity index (χ1) is 16.0. The largest absolute Gasteiger partial charge is 0.497 e. The van der Waals surface area contributed by atoms with E-state index in [2.05, 4.69) is 17.4 Å². The number of rotatable bonds is 7. The van der Waals surface area contributed by atoms with E-state index in [9.17, 15) is 14.0 Å². The van der Waals surface area contributed by atoms with Gasteiger partial charge in [-0.25, -0.2) is 4.39 Å². The lowest BCUT2D eigenvalue weighted by Crippen LogP contribution is -2.36. The Labute approximate surface area is 193 Å². The fourth-order valence-electron chi connectivity index (χ4n) is 4.07. The van der Waals surface area contributed by atoms with E-state index >= 15 is 0 Å². The number of nitrogens with zero attached hydrogens (tertiary/aromatic N) is 1. The maximum absolute atomic E-state index is 14.6. The van der Waals surface area contributed by atoms with Gasteiger partial charge in [0.05, 0.1) is 12.7 Å². The summed E-state index contributed by atoms with van der Waals surface area (Å²) in [5.74, 6) is -0.260. The molecule has 1 heterocycles. The van der Waals surface area contributed by atoms with Gasteiger partial charge in [0, 0.05) is 26.1 Å². The lowest BCUT2D eigenvalue weighted by molar-refractivity contribution is -0.132. The van der Waals surface area contributed by atoms with Crippen molar-refractivity contribution in [2.45, 2.75) is 25.8 Å². The number of fused-ring (bicyclic) bond motifs is 1. The molecule has 2 amide bonds. The van der Waals surface area contributed by atoms with Gasteiger partial charge in [0.25, 0.3) is 5.91 Å². The summed E-state index contributed by atoms with van der Waals surface area (Å²) in [4.78, 5) is 26.8. The topological polar surface area (TPSA) is 58.6 Å². The predicted molar refractivity (Wildman–Crippen MR) is 126 cm³/mol. The number of amides is 2. The number of ether oxygens (including phenoxy) is 1. The molecule has 0 saturated carbocycles. The Hall–Kier alpha value is -3.67. The van der Waals surface area contributed by atoms with E-state index in [0.29, 0.717) is 38.0 Å². The molecule has 1 aliphatic rings. The van der Waals surface area contributed by atoms with Crippen molar-refractivity contribution in [1.29, 1.82) is 0 Å². The number of hydrogen-bond donors (Lipinski definition) is 1. The summed E-state index contributed by atoms with van der Waals surface area (Å²) in [5.41, 5.74) is 4.00. The first kappa shape index (κ1) is 22.5. The molecule has 0 bridgehead atoms. The summed E-state index contributed by atoms with van der Waals surface area (Å²) in [6, 6.07) is 20.0. The molecule has 0 fully saturated rings. The molecular weight excluding hydrogens is 419 g/mol. The summed E-state index contributed by atoms with van der Waals surface area (Å²) >= 11 is 0. The molecule has 3 aromatic rings. The zero-order valence-electron chi connectivity index (χ0n) is 18.6. The first-order valence-electron chi connectivity index (χ1n) is 11.1. The Morgan fingerprint density at radius 2 is 1.73 bits per heavy atom. The number of halogens is 1. The maximum atomic E-state index is 14.6. The van der Waals surface area contributed by atoms with Crippen LogP contribution in [0.25, 0.3) is 11.1 Å². The zero-order chi connectivity index (χ0) is 23.2. The highest BCUT2D eigenvalue weighted by Crippen LogP contribution is 2.24. The number of carbonyl (C=O) groups is 2. The van der Waals surface area contributed by atoms with Crippen LogP contribution in [0.2, 0.25) is 0 Å². The highest BCUT2D eigenvalue weighted by atomic mass is 19.1. The van der Waals surface area contributed by atoms with Crippen molar-refractivity contribution in [3.63, 3.8) is 0 Å². The van der Waals surface area contributed by atoms with Crippen molar-refractivity contribution in [3.8, 4) is 16.9 Å². The van der Waals surface area contributed by atoms with Crippen LogP contribution < -0.4 is 10.1 Å². The number of methoxy groups -OCH3 is 1. The van der Waals surface area contributed by atoms with Gasteiger partial charge in [-0.2, -0.15) is 0 Å². The van der Waals surface area contributed by atoms with Crippen molar-refractivity contribution in [2.24, 2.45) is 0 Å². The van der Waals surface area contributed by atoms with Gasteiger partial charge in [-0.05, 0) is 59.4 Å². The smallest absolute Gasteiger partial charge is 0.254 e. The fraction of sp³-hybridized carbons (Fsp3) is 0.259. The molecule has 0 spiro atoms. The molecule has 5 nitrogen and oxygen atoms in total. The minimum Gasteiger partial charge on any atom is -0.497 e. The average molecular weight is 447 g/mol. The predicted octanol–water partition coefficient (Wildman–Crippen LogP) is 4.60. The average Bonchev–Trinajstić information content (AvgIpc) is 2.86. The molecule has 6 heteroatoms. The lowest BCUT2D eigenvalue weighted by atomic mass is 9.99. The van der Waals surface area contributed by atoms with E-state index in [1.165, 1.54) is 23.3 Å². The second-order valence-corrected chi connectivity index (χ2v) is 8.12. The fourth-order valence-corrected chi connectivity index (χ4v) is 4.07. The van der Waals surface area contributed by atoms with E-state index in [0.717, 1.165) is 17.7 Å². The van der Waals surface area contributed by atoms with Crippen molar-refractivity contribution in [2.75, 3.05) is 20.2 Å². The van der Waals surface area contributed by atoms with E-state index in [4.69, 9.17) is 4.74 Å². The first-order valence-corrected chi connectivity index (χ1v) is 11.1. The Kier molecular flexibility index (Phi) is 7.03. The minimum absolute atomic E-state index is 0.00812. The number of nitrogens with one attached hydrogen (secondary N) is 1. The third-order valence-corrected chi connectivity index (χ3v) is 5.97. The second-order valence-electron chi connectivity index (χ2n) is 8.12. The lowest BCUT2D eigenvalue weighted by Gasteiger charge is -2.29. The Balaban J connectivity index is 1.26. The summed E-state index contributed by atoms with van der Waals surface area (Å²) in [7, 11) is 1.59. The van der Waals surface area contributed by atoms with Crippen LogP contribution >= 0.6 is 0 Å². The van der Waals surface area contributed by atoms with Gasteiger partial charge in [-0.15, -0.1) is 0 Å². The molecule has 1 aliphatic heterocycles. The molecule has 0 atom stereocenters. The van der Waals surface area contributed by atoms with Crippen molar-refractivity contribution < 1.29 is 18.7 Å². The van der Waals surface area contributed by atoms with Crippen LogP contribution in [0, 0.1) is 5.82 Å². The molecular formula is C27H27FN2O3. The van der Waals surface area contributed by atoms with E-state index < -0.39 is 11.7 Å². The van der Waals surface area contributed by atoms with Gasteiger partial charge in [0.15, 0.2) is 0 Å². The van der Waals surface area contributed by atoms with Gasteiger partial charge < -0.3 is 15.0 Å². The third kappa shape index (κ3) is 5.40. The summed E-state index contributed by atoms with van der Waals surface area (Å²) in [6.45, 7) is 1.66. The van der Waals surface area contributed by atoms with Crippen LogP contribution in [0.5, 0.6) is 5.75 Å². The second kappa shape index (κ2) is 10.3. The molecule has 170 valence electrons. The zero-order valence-corrected chi connectivity index (χ0v) is 18.6. The highest BCUT2D eigenvalue weighted by Gasteiger charge is 2.20. The number of hydrogen-bond acceptors (Lipinski definition) is 3. The molecule has 33 heavy (non-hydrogen) atoms. The van der Waals surface area contributed by atoms with E-state index in [1.54, 1.807) is 25.3 Å². The molecule has 1 N–H and O–H groups in total. The summed E-state index contributed by atoms with van der Waals surface area (Å²) in [5, 5.41) is 2.72. The molecule has 0 saturated heterocycles. The maximum Gasteiger partial charge on any atom is 0.254 e. The normalized spacial score (nSPS) is 12.7.